The van der Waals surface area contributed by atoms with Crippen molar-refractivity contribution in [1.29, 1.82) is 0 Å². The van der Waals surface area contributed by atoms with E-state index in [1.807, 2.05) is 78.9 Å². The Hall–Kier alpha value is -5.50. The van der Waals surface area contributed by atoms with Crippen LogP contribution in [0.1, 0.15) is 43.4 Å². The average Bonchev–Trinajstić information content (AvgIpc) is 3.63. The molecule has 3 aliphatic rings. The molecule has 0 bridgehead atoms. The number of amides is 3. The van der Waals surface area contributed by atoms with Crippen LogP contribution in [0.3, 0.4) is 0 Å². The summed E-state index contributed by atoms with van der Waals surface area (Å²) in [6, 6.07) is 30.6. The molecule has 1 N–H and O–H groups in total. The highest BCUT2D eigenvalue weighted by molar-refractivity contribution is 6.91. The van der Waals surface area contributed by atoms with E-state index in [1.165, 1.54) is 11.8 Å². The van der Waals surface area contributed by atoms with Crippen molar-refractivity contribution in [2.75, 3.05) is 37.2 Å². The Morgan fingerprint density at radius 1 is 0.914 bits per heavy atom. The second-order valence-corrected chi connectivity index (χ2v) is 20.5. The number of methoxy groups -OCH3 is 2. The van der Waals surface area contributed by atoms with Gasteiger partial charge in [-0.3, -0.25) is 24.1 Å². The molecule has 4 aromatic rings. The summed E-state index contributed by atoms with van der Waals surface area (Å²) in [6.07, 6.45) is -1.22. The van der Waals surface area contributed by atoms with Crippen LogP contribution in [0.25, 0.3) is 0 Å². The lowest BCUT2D eigenvalue weighted by Gasteiger charge is -2.39. The zero-order chi connectivity index (χ0) is 41.4. The van der Waals surface area contributed by atoms with Crippen molar-refractivity contribution in [3.05, 3.63) is 114 Å². The van der Waals surface area contributed by atoms with E-state index in [9.17, 15) is 19.5 Å². The van der Waals surface area contributed by atoms with Gasteiger partial charge in [-0.05, 0) is 59.1 Å². The number of anilines is 2. The summed E-state index contributed by atoms with van der Waals surface area (Å²) >= 11 is 0. The number of aliphatic hydroxyl groups is 1. The molecule has 13 heteroatoms. The molecule has 58 heavy (non-hydrogen) atoms. The molecule has 0 aromatic heterocycles. The number of β-lactam (4-membered cyclic amide) rings is 1. The van der Waals surface area contributed by atoms with E-state index in [0.29, 0.717) is 29.2 Å². The smallest absolute Gasteiger partial charge is 0.304 e. The van der Waals surface area contributed by atoms with Gasteiger partial charge in [0.25, 0.3) is 5.91 Å². The number of carbonyl (C=O) groups is 4. The van der Waals surface area contributed by atoms with Crippen molar-refractivity contribution in [3.63, 3.8) is 0 Å². The Labute approximate surface area is 340 Å². The lowest BCUT2D eigenvalue weighted by Crippen LogP contribution is -2.54. The highest BCUT2D eigenvalue weighted by Gasteiger charge is 2.66. The largest absolute Gasteiger partial charge is 0.497 e. The first-order chi connectivity index (χ1) is 27.8. The molecule has 7 rings (SSSR count). The quantitative estimate of drug-likeness (QED) is 0.0996. The van der Waals surface area contributed by atoms with Gasteiger partial charge in [-0.2, -0.15) is 0 Å². The monoisotopic (exact) mass is 805 g/mol. The summed E-state index contributed by atoms with van der Waals surface area (Å²) in [5.41, 5.74) is 1.94. The first-order valence-corrected chi connectivity index (χ1v) is 22.7. The minimum absolute atomic E-state index is 0.0121. The topological polar surface area (TPSA) is 135 Å². The summed E-state index contributed by atoms with van der Waals surface area (Å²) in [7, 11) is 0.632. The van der Waals surface area contributed by atoms with E-state index < -0.39 is 32.0 Å². The van der Waals surface area contributed by atoms with E-state index in [2.05, 4.69) is 32.2 Å². The first-order valence-electron chi connectivity index (χ1n) is 19.7. The van der Waals surface area contributed by atoms with Crippen LogP contribution in [0, 0.1) is 5.92 Å². The van der Waals surface area contributed by atoms with Gasteiger partial charge in [0.15, 0.2) is 11.8 Å². The Balaban J connectivity index is 1.28. The molecule has 3 amide bonds. The van der Waals surface area contributed by atoms with E-state index in [-0.39, 0.29) is 61.7 Å². The second-order valence-electron chi connectivity index (χ2n) is 15.9. The van der Waals surface area contributed by atoms with Gasteiger partial charge in [0.05, 0.1) is 60.1 Å². The van der Waals surface area contributed by atoms with Gasteiger partial charge in [-0.25, -0.2) is 0 Å². The van der Waals surface area contributed by atoms with Gasteiger partial charge in [0.2, 0.25) is 11.8 Å². The van der Waals surface area contributed by atoms with Crippen LogP contribution < -0.4 is 24.5 Å². The zero-order valence-electron chi connectivity index (χ0n) is 33.8. The number of hydrogen-bond donors (Lipinski definition) is 1. The van der Waals surface area contributed by atoms with Gasteiger partial charge in [-0.15, -0.1) is 0 Å². The van der Waals surface area contributed by atoms with Crippen LogP contribution in [-0.4, -0.2) is 81.5 Å². The Bertz CT molecular complexity index is 2180. The van der Waals surface area contributed by atoms with E-state index in [4.69, 9.17) is 18.9 Å². The molecular formula is C45H51N3O9Si. The molecule has 3 aliphatic heterocycles. The second kappa shape index (κ2) is 16.4. The summed E-state index contributed by atoms with van der Waals surface area (Å²) in [5.74, 6) is -0.137. The Kier molecular flexibility index (Phi) is 11.5. The maximum atomic E-state index is 15.4. The number of hydrogen-bond acceptors (Lipinski definition) is 9. The third-order valence-corrected chi connectivity index (χ3v) is 16.5. The summed E-state index contributed by atoms with van der Waals surface area (Å²) in [4.78, 5) is 59.1. The van der Waals surface area contributed by atoms with Crippen LogP contribution in [0.15, 0.2) is 97.1 Å². The number of rotatable bonds is 14. The van der Waals surface area contributed by atoms with Crippen molar-refractivity contribution in [2.45, 2.75) is 76.3 Å². The predicted octanol–water partition coefficient (Wildman–Crippen LogP) is 5.50. The number of fused-ring (bicyclic) bond motifs is 2. The van der Waals surface area contributed by atoms with E-state index in [1.54, 1.807) is 30.1 Å². The number of esters is 1. The number of carbonyl (C=O) groups excluding carboxylic acids is 4. The fraction of sp³-hybridized carbons (Fsp3) is 0.378. The molecule has 1 spiro atoms. The highest BCUT2D eigenvalue weighted by atomic mass is 28.3. The number of ether oxygens (including phenoxy) is 4. The summed E-state index contributed by atoms with van der Waals surface area (Å²) in [5, 5.41) is 11.2. The van der Waals surface area contributed by atoms with E-state index >= 15 is 4.79 Å². The van der Waals surface area contributed by atoms with Crippen LogP contribution >= 0.6 is 0 Å². The maximum Gasteiger partial charge on any atom is 0.304 e. The molecule has 2 fully saturated rings. The molecule has 3 heterocycles. The SMILES string of the molecule is COc1ccc([Si](C)(C)[C@@H]2[C@@H](CC(=O)N(CCO)Cc3ccccc3)O[C@]3(C(=O)N(Cc4cccc(N5C(=O)CC5OC(C)=O)c4)c4ccc(OC)cc43)[C@H]2C)cc1. The molecule has 0 radical (unpaired) electrons. The number of nitrogens with zero attached hydrogens (tertiary/aromatic N) is 3. The minimum atomic E-state index is -2.58. The normalized spacial score (nSPS) is 22.5. The molecule has 2 saturated heterocycles. The van der Waals surface area contributed by atoms with Gasteiger partial charge >= 0.3 is 5.97 Å². The Morgan fingerprint density at radius 3 is 2.26 bits per heavy atom. The maximum absolute atomic E-state index is 15.4. The lowest BCUT2D eigenvalue weighted by molar-refractivity contribution is -0.154. The van der Waals surface area contributed by atoms with Gasteiger partial charge < -0.3 is 33.9 Å². The van der Waals surface area contributed by atoms with Crippen LogP contribution in [-0.2, 0) is 47.3 Å². The average molecular weight is 806 g/mol. The summed E-state index contributed by atoms with van der Waals surface area (Å²) < 4.78 is 23.8. The van der Waals surface area contributed by atoms with E-state index in [0.717, 1.165) is 22.1 Å². The Morgan fingerprint density at radius 2 is 1.60 bits per heavy atom. The molecule has 0 aliphatic carbocycles. The van der Waals surface area contributed by atoms with Gasteiger partial charge in [0, 0.05) is 37.2 Å². The molecule has 1 unspecified atom stereocenters. The highest BCUT2D eigenvalue weighted by Crippen LogP contribution is 2.60. The molecule has 12 nitrogen and oxygen atoms in total. The van der Waals surface area contributed by atoms with Gasteiger partial charge in [-0.1, -0.05) is 79.8 Å². The van der Waals surface area contributed by atoms with Crippen molar-refractivity contribution >= 4 is 48.3 Å². The van der Waals surface area contributed by atoms with Crippen LogP contribution in [0.4, 0.5) is 11.4 Å². The van der Waals surface area contributed by atoms with Crippen molar-refractivity contribution in [1.82, 2.24) is 4.90 Å². The molecular weight excluding hydrogens is 755 g/mol. The number of benzene rings is 4. The molecule has 304 valence electrons. The van der Waals surface area contributed by atoms with Crippen molar-refractivity contribution < 1.29 is 43.2 Å². The predicted molar refractivity (Wildman–Crippen MR) is 221 cm³/mol. The first kappa shape index (κ1) is 40.7. The molecule has 5 atom stereocenters. The zero-order valence-corrected chi connectivity index (χ0v) is 34.8. The van der Waals surface area contributed by atoms with Crippen molar-refractivity contribution in [2.24, 2.45) is 5.92 Å². The standard InChI is InChI=1S/C45H51N3O9Si/c1-29-43(58(5,6)36-18-15-34(54-3)16-19-36)39(25-40(51)46(21-22-49)27-31-11-8-7-9-12-31)57-45(29)37-24-35(55-4)17-20-38(37)47(44(45)53)28-32-13-10-14-33(23-32)48-41(52)26-42(48)56-30(2)50/h7-20,23-24,29,39,42-43,49H,21-22,25-28H2,1-6H3/t29-,39+,42?,43-,45+/m0/s1. The van der Waals surface area contributed by atoms with Crippen molar-refractivity contribution in [3.8, 4) is 11.5 Å². The molecule has 4 aromatic carbocycles. The van der Waals surface area contributed by atoms with Crippen LogP contribution in [0.5, 0.6) is 11.5 Å². The lowest BCUT2D eigenvalue weighted by atomic mass is 9.82. The van der Waals surface area contributed by atoms with Gasteiger partial charge in [0.1, 0.15) is 11.5 Å². The van der Waals surface area contributed by atoms with Crippen LogP contribution in [0.2, 0.25) is 18.6 Å². The number of aliphatic hydroxyl groups excluding tert-OH is 1. The molecule has 0 saturated carbocycles. The third kappa shape index (κ3) is 7.38. The minimum Gasteiger partial charge on any atom is -0.497 e. The summed E-state index contributed by atoms with van der Waals surface area (Å²) in [6.45, 7) is 8.36. The fourth-order valence-electron chi connectivity index (χ4n) is 9.26. The third-order valence-electron chi connectivity index (χ3n) is 12.1. The fourth-order valence-corrected chi connectivity index (χ4v) is 13.3.